The van der Waals surface area contributed by atoms with E-state index in [2.05, 4.69) is 17.1 Å². The van der Waals surface area contributed by atoms with Gasteiger partial charge in [-0.3, -0.25) is 0 Å². The van der Waals surface area contributed by atoms with Crippen LogP contribution in [-0.4, -0.2) is 31.6 Å². The summed E-state index contributed by atoms with van der Waals surface area (Å²) in [5.74, 6) is -0.325. The highest BCUT2D eigenvalue weighted by molar-refractivity contribution is 6.30. The van der Waals surface area contributed by atoms with Gasteiger partial charge in [-0.05, 0) is 27.1 Å². The summed E-state index contributed by atoms with van der Waals surface area (Å²) in [6.45, 7) is 3.49. The van der Waals surface area contributed by atoms with E-state index in [9.17, 15) is 4.39 Å². The lowest BCUT2D eigenvalue weighted by atomic mass is 10.2. The van der Waals surface area contributed by atoms with E-state index in [4.69, 9.17) is 11.6 Å². The third-order valence-electron chi connectivity index (χ3n) is 2.31. The van der Waals surface area contributed by atoms with Crippen LogP contribution in [0.3, 0.4) is 0 Å². The summed E-state index contributed by atoms with van der Waals surface area (Å²) in [4.78, 5) is 2.09. The molecule has 0 spiro atoms. The van der Waals surface area contributed by atoms with Crippen molar-refractivity contribution >= 4 is 11.6 Å². The fourth-order valence-corrected chi connectivity index (χ4v) is 1.78. The van der Waals surface area contributed by atoms with Gasteiger partial charge < -0.3 is 10.2 Å². The highest BCUT2D eigenvalue weighted by Gasteiger charge is 2.08. The third-order valence-corrected chi connectivity index (χ3v) is 2.60. The molecule has 0 aliphatic carbocycles. The summed E-state index contributed by atoms with van der Waals surface area (Å²) in [6.07, 6.45) is 0. The summed E-state index contributed by atoms with van der Waals surface area (Å²) in [7, 11) is 4.02. The van der Waals surface area contributed by atoms with Crippen molar-refractivity contribution in [1.29, 1.82) is 0 Å². The van der Waals surface area contributed by atoms with Gasteiger partial charge in [0.05, 0.1) is 5.02 Å². The van der Waals surface area contributed by atoms with E-state index in [0.29, 0.717) is 18.2 Å². The number of likely N-dealkylation sites (N-methyl/N-ethyl adjacent to an activating group) is 1. The van der Waals surface area contributed by atoms with Gasteiger partial charge in [0.25, 0.3) is 0 Å². The van der Waals surface area contributed by atoms with Gasteiger partial charge in [0.15, 0.2) is 0 Å². The second kappa shape index (κ2) is 6.18. The van der Waals surface area contributed by atoms with Crippen molar-refractivity contribution in [3.05, 3.63) is 34.6 Å². The van der Waals surface area contributed by atoms with Crippen LogP contribution in [0.15, 0.2) is 18.2 Å². The van der Waals surface area contributed by atoms with Crippen molar-refractivity contribution < 1.29 is 4.39 Å². The lowest BCUT2D eigenvalue weighted by molar-refractivity contribution is 0.348. The average Bonchev–Trinajstić information content (AvgIpc) is 2.19. The second-order valence-corrected chi connectivity index (χ2v) is 4.66. The zero-order valence-corrected chi connectivity index (χ0v) is 10.7. The molecule has 1 atom stereocenters. The molecule has 0 aliphatic heterocycles. The van der Waals surface area contributed by atoms with Crippen molar-refractivity contribution in [1.82, 2.24) is 10.2 Å². The van der Waals surface area contributed by atoms with Crippen LogP contribution in [0.5, 0.6) is 0 Å². The van der Waals surface area contributed by atoms with Crippen LogP contribution in [0.2, 0.25) is 5.02 Å². The van der Waals surface area contributed by atoms with Gasteiger partial charge in [-0.25, -0.2) is 4.39 Å². The first-order valence-electron chi connectivity index (χ1n) is 5.31. The minimum absolute atomic E-state index is 0.180. The van der Waals surface area contributed by atoms with Crippen LogP contribution in [0.4, 0.5) is 4.39 Å². The number of hydrogen-bond donors (Lipinski definition) is 1. The van der Waals surface area contributed by atoms with Crippen LogP contribution >= 0.6 is 11.6 Å². The smallest absolute Gasteiger partial charge is 0.146 e. The number of halogens is 2. The monoisotopic (exact) mass is 244 g/mol. The topological polar surface area (TPSA) is 15.3 Å². The van der Waals surface area contributed by atoms with E-state index in [1.54, 1.807) is 18.2 Å². The number of nitrogens with one attached hydrogen (secondary N) is 1. The molecule has 1 aromatic rings. The van der Waals surface area contributed by atoms with Crippen LogP contribution in [0, 0.1) is 5.82 Å². The van der Waals surface area contributed by atoms with Crippen LogP contribution in [0.25, 0.3) is 0 Å². The molecule has 90 valence electrons. The molecule has 0 aromatic heterocycles. The molecular weight excluding hydrogens is 227 g/mol. The number of benzene rings is 1. The first-order chi connectivity index (χ1) is 7.50. The molecule has 0 aliphatic rings. The van der Waals surface area contributed by atoms with Gasteiger partial charge in [0.2, 0.25) is 0 Å². The van der Waals surface area contributed by atoms with Gasteiger partial charge in [0, 0.05) is 24.7 Å². The van der Waals surface area contributed by atoms with Crippen LogP contribution < -0.4 is 5.32 Å². The Morgan fingerprint density at radius 1 is 1.44 bits per heavy atom. The number of hydrogen-bond acceptors (Lipinski definition) is 2. The number of rotatable bonds is 5. The standard InChI is InChI=1S/C12H18ClFN2/c1-9(8-16(2)3)15-7-10-5-4-6-11(13)12(10)14/h4-6,9,15H,7-8H2,1-3H3. The minimum atomic E-state index is -0.325. The lowest BCUT2D eigenvalue weighted by Crippen LogP contribution is -2.35. The Labute approximate surface area is 101 Å². The van der Waals surface area contributed by atoms with Crippen molar-refractivity contribution in [3.63, 3.8) is 0 Å². The van der Waals surface area contributed by atoms with Gasteiger partial charge in [-0.2, -0.15) is 0 Å². The molecule has 1 aromatic carbocycles. The molecule has 0 saturated carbocycles. The zero-order valence-electron chi connectivity index (χ0n) is 9.93. The highest BCUT2D eigenvalue weighted by atomic mass is 35.5. The van der Waals surface area contributed by atoms with Gasteiger partial charge >= 0.3 is 0 Å². The Morgan fingerprint density at radius 2 is 2.12 bits per heavy atom. The highest BCUT2D eigenvalue weighted by Crippen LogP contribution is 2.17. The fraction of sp³-hybridized carbons (Fsp3) is 0.500. The van der Waals surface area contributed by atoms with Gasteiger partial charge in [-0.15, -0.1) is 0 Å². The second-order valence-electron chi connectivity index (χ2n) is 4.26. The quantitative estimate of drug-likeness (QED) is 0.856. The minimum Gasteiger partial charge on any atom is -0.309 e. The fourth-order valence-electron chi connectivity index (χ4n) is 1.58. The Hall–Kier alpha value is -0.640. The Balaban J connectivity index is 2.51. The maximum absolute atomic E-state index is 13.5. The van der Waals surface area contributed by atoms with Gasteiger partial charge in [-0.1, -0.05) is 23.7 Å². The Bertz CT molecular complexity index is 342. The molecular formula is C12H18ClFN2. The Kier molecular flexibility index (Phi) is 5.19. The van der Waals surface area contributed by atoms with Crippen molar-refractivity contribution in [2.75, 3.05) is 20.6 Å². The number of nitrogens with zero attached hydrogens (tertiary/aromatic N) is 1. The molecule has 16 heavy (non-hydrogen) atoms. The summed E-state index contributed by atoms with van der Waals surface area (Å²) in [5, 5.41) is 3.44. The van der Waals surface area contributed by atoms with Crippen molar-refractivity contribution in [2.24, 2.45) is 0 Å². The molecule has 0 fully saturated rings. The summed E-state index contributed by atoms with van der Waals surface area (Å²) in [5.41, 5.74) is 0.609. The van der Waals surface area contributed by atoms with Crippen molar-refractivity contribution in [3.8, 4) is 0 Å². The predicted molar refractivity (Wildman–Crippen MR) is 66.3 cm³/mol. The Morgan fingerprint density at radius 3 is 2.75 bits per heavy atom. The molecule has 0 bridgehead atoms. The van der Waals surface area contributed by atoms with Crippen LogP contribution in [0.1, 0.15) is 12.5 Å². The van der Waals surface area contributed by atoms with E-state index in [-0.39, 0.29) is 10.8 Å². The normalized spacial score (nSPS) is 13.1. The maximum Gasteiger partial charge on any atom is 0.146 e. The average molecular weight is 245 g/mol. The predicted octanol–water partition coefficient (Wildman–Crippen LogP) is 2.52. The molecule has 0 radical (unpaired) electrons. The van der Waals surface area contributed by atoms with E-state index in [1.165, 1.54) is 0 Å². The van der Waals surface area contributed by atoms with Gasteiger partial charge in [0.1, 0.15) is 5.82 Å². The summed E-state index contributed by atoms with van der Waals surface area (Å²) >= 11 is 5.70. The zero-order chi connectivity index (χ0) is 12.1. The largest absolute Gasteiger partial charge is 0.309 e. The van der Waals surface area contributed by atoms with Crippen LogP contribution in [-0.2, 0) is 6.54 Å². The third kappa shape index (κ3) is 4.08. The molecule has 2 nitrogen and oxygen atoms in total. The SMILES string of the molecule is CC(CN(C)C)NCc1cccc(Cl)c1F. The van der Waals surface area contributed by atoms with E-state index < -0.39 is 0 Å². The van der Waals surface area contributed by atoms with E-state index in [1.807, 2.05) is 14.1 Å². The van der Waals surface area contributed by atoms with Crippen molar-refractivity contribution in [2.45, 2.75) is 19.5 Å². The lowest BCUT2D eigenvalue weighted by Gasteiger charge is -2.18. The molecule has 0 heterocycles. The molecule has 0 saturated heterocycles. The molecule has 1 rings (SSSR count). The molecule has 4 heteroatoms. The molecule has 0 amide bonds. The van der Waals surface area contributed by atoms with E-state index in [0.717, 1.165) is 6.54 Å². The molecule has 1 N–H and O–H groups in total. The summed E-state index contributed by atoms with van der Waals surface area (Å²) in [6, 6.07) is 5.38. The first-order valence-corrected chi connectivity index (χ1v) is 5.69. The maximum atomic E-state index is 13.5. The van der Waals surface area contributed by atoms with E-state index >= 15 is 0 Å². The first kappa shape index (κ1) is 13.4. The molecule has 1 unspecified atom stereocenters. The summed E-state index contributed by atoms with van der Waals surface area (Å²) < 4.78 is 13.5.